The molecule has 2 unspecified atom stereocenters. The highest BCUT2D eigenvalue weighted by Gasteiger charge is 2.22. The van der Waals surface area contributed by atoms with Gasteiger partial charge in [-0.3, -0.25) is 0 Å². The van der Waals surface area contributed by atoms with Crippen LogP contribution in [0.1, 0.15) is 18.7 Å². The van der Waals surface area contributed by atoms with Gasteiger partial charge in [-0.05, 0) is 31.2 Å². The molecule has 2 atom stereocenters. The van der Waals surface area contributed by atoms with Crippen LogP contribution in [-0.4, -0.2) is 15.6 Å². The first-order chi connectivity index (χ1) is 8.77. The zero-order valence-electron chi connectivity index (χ0n) is 10.2. The first-order valence-electron chi connectivity index (χ1n) is 5.98. The average molecular weight is 241 g/mol. The normalized spacial score (nSPS) is 14.8. The van der Waals surface area contributed by atoms with E-state index in [1.807, 2.05) is 49.6 Å². The summed E-state index contributed by atoms with van der Waals surface area (Å²) in [7, 11) is 0. The molecule has 0 aliphatic rings. The molecule has 2 heterocycles. The van der Waals surface area contributed by atoms with E-state index in [2.05, 4.69) is 9.55 Å². The number of fused-ring (bicyclic) bond motifs is 1. The number of furan rings is 1. The van der Waals surface area contributed by atoms with Crippen LogP contribution in [0.15, 0.2) is 53.4 Å². The van der Waals surface area contributed by atoms with Gasteiger partial charge in [-0.15, -0.1) is 0 Å². The minimum Gasteiger partial charge on any atom is -0.467 e. The molecule has 0 saturated heterocycles. The van der Waals surface area contributed by atoms with Gasteiger partial charge in [-0.25, -0.2) is 4.98 Å². The van der Waals surface area contributed by atoms with Gasteiger partial charge in [0.25, 0.3) is 0 Å². The summed E-state index contributed by atoms with van der Waals surface area (Å²) in [5.41, 5.74) is 8.13. The molecular weight excluding hydrogens is 226 g/mol. The van der Waals surface area contributed by atoms with Gasteiger partial charge < -0.3 is 14.7 Å². The lowest BCUT2D eigenvalue weighted by Crippen LogP contribution is -2.29. The summed E-state index contributed by atoms with van der Waals surface area (Å²) in [6, 6.07) is 11.7. The molecular formula is C14H15N3O. The Morgan fingerprint density at radius 2 is 2.06 bits per heavy atom. The number of nitrogens with zero attached hydrogens (tertiary/aromatic N) is 2. The molecule has 18 heavy (non-hydrogen) atoms. The van der Waals surface area contributed by atoms with Gasteiger partial charge in [0.2, 0.25) is 0 Å². The highest BCUT2D eigenvalue weighted by Crippen LogP contribution is 2.25. The summed E-state index contributed by atoms with van der Waals surface area (Å²) in [5, 5.41) is 0. The van der Waals surface area contributed by atoms with E-state index in [0.29, 0.717) is 0 Å². The minimum absolute atomic E-state index is 0.0348. The number of para-hydroxylation sites is 2. The monoisotopic (exact) mass is 241 g/mol. The van der Waals surface area contributed by atoms with Gasteiger partial charge in [0.05, 0.1) is 23.6 Å². The molecule has 92 valence electrons. The molecule has 0 bridgehead atoms. The Hall–Kier alpha value is -2.07. The molecule has 4 heteroatoms. The van der Waals surface area contributed by atoms with Gasteiger partial charge in [-0.2, -0.15) is 0 Å². The molecule has 0 amide bonds. The quantitative estimate of drug-likeness (QED) is 0.766. The number of nitrogens with two attached hydrogens (primary N) is 1. The van der Waals surface area contributed by atoms with E-state index in [4.69, 9.17) is 10.2 Å². The molecule has 1 aromatic carbocycles. The molecule has 3 aromatic rings. The van der Waals surface area contributed by atoms with Crippen molar-refractivity contribution in [2.45, 2.75) is 19.0 Å². The van der Waals surface area contributed by atoms with Crippen molar-refractivity contribution in [2.75, 3.05) is 0 Å². The number of benzene rings is 1. The van der Waals surface area contributed by atoms with E-state index < -0.39 is 0 Å². The van der Waals surface area contributed by atoms with Crippen molar-refractivity contribution in [2.24, 2.45) is 5.73 Å². The van der Waals surface area contributed by atoms with E-state index >= 15 is 0 Å². The summed E-state index contributed by atoms with van der Waals surface area (Å²) in [6.45, 7) is 1.97. The van der Waals surface area contributed by atoms with E-state index in [1.165, 1.54) is 0 Å². The molecule has 0 spiro atoms. The van der Waals surface area contributed by atoms with Crippen LogP contribution < -0.4 is 5.73 Å². The fourth-order valence-electron chi connectivity index (χ4n) is 2.31. The lowest BCUT2D eigenvalue weighted by Gasteiger charge is -2.20. The third-order valence-corrected chi connectivity index (χ3v) is 3.11. The molecule has 2 N–H and O–H groups in total. The Balaban J connectivity index is 2.16. The number of imidazole rings is 1. The maximum Gasteiger partial charge on any atom is 0.128 e. The van der Waals surface area contributed by atoms with Crippen molar-refractivity contribution < 1.29 is 4.42 Å². The van der Waals surface area contributed by atoms with Crippen molar-refractivity contribution in [1.82, 2.24) is 9.55 Å². The number of hydrogen-bond acceptors (Lipinski definition) is 3. The van der Waals surface area contributed by atoms with Gasteiger partial charge >= 0.3 is 0 Å². The molecule has 0 saturated carbocycles. The van der Waals surface area contributed by atoms with Crippen molar-refractivity contribution >= 4 is 11.0 Å². The maximum absolute atomic E-state index is 6.10. The van der Waals surface area contributed by atoms with Crippen LogP contribution in [0.2, 0.25) is 0 Å². The predicted octanol–water partition coefficient (Wildman–Crippen LogP) is 2.57. The topological polar surface area (TPSA) is 57.0 Å². The highest BCUT2D eigenvalue weighted by molar-refractivity contribution is 5.75. The Bertz CT molecular complexity index is 640. The summed E-state index contributed by atoms with van der Waals surface area (Å²) < 4.78 is 7.57. The van der Waals surface area contributed by atoms with E-state index in [0.717, 1.165) is 16.8 Å². The molecule has 0 aliphatic heterocycles. The average Bonchev–Trinajstić information content (AvgIpc) is 3.00. The first kappa shape index (κ1) is 11.0. The van der Waals surface area contributed by atoms with Gasteiger partial charge in [0, 0.05) is 6.04 Å². The molecule has 4 nitrogen and oxygen atoms in total. The van der Waals surface area contributed by atoms with Crippen LogP contribution in [0.4, 0.5) is 0 Å². The fourth-order valence-corrected chi connectivity index (χ4v) is 2.31. The zero-order chi connectivity index (χ0) is 12.5. The van der Waals surface area contributed by atoms with Crippen molar-refractivity contribution in [3.63, 3.8) is 0 Å². The number of aromatic nitrogens is 2. The molecule has 0 radical (unpaired) electrons. The number of hydrogen-bond donors (Lipinski definition) is 1. The fraction of sp³-hybridized carbons (Fsp3) is 0.214. The summed E-state index contributed by atoms with van der Waals surface area (Å²) in [5.74, 6) is 0.855. The van der Waals surface area contributed by atoms with Crippen molar-refractivity contribution in [3.8, 4) is 0 Å². The van der Waals surface area contributed by atoms with E-state index in [-0.39, 0.29) is 12.1 Å². The number of rotatable bonds is 3. The molecule has 0 aliphatic carbocycles. The second kappa shape index (κ2) is 4.31. The zero-order valence-corrected chi connectivity index (χ0v) is 10.2. The van der Waals surface area contributed by atoms with Crippen LogP contribution >= 0.6 is 0 Å². The van der Waals surface area contributed by atoms with Crippen molar-refractivity contribution in [3.05, 3.63) is 54.7 Å². The third kappa shape index (κ3) is 1.71. The molecule has 0 fully saturated rings. The lowest BCUT2D eigenvalue weighted by molar-refractivity contribution is 0.396. The van der Waals surface area contributed by atoms with Gasteiger partial charge in [0.15, 0.2) is 0 Å². The summed E-state index contributed by atoms with van der Waals surface area (Å²) in [6.07, 6.45) is 3.49. The van der Waals surface area contributed by atoms with Crippen LogP contribution in [-0.2, 0) is 0 Å². The second-order valence-corrected chi connectivity index (χ2v) is 4.46. The smallest absolute Gasteiger partial charge is 0.128 e. The third-order valence-electron chi connectivity index (χ3n) is 3.11. The van der Waals surface area contributed by atoms with Crippen LogP contribution in [0.25, 0.3) is 11.0 Å². The molecule has 3 rings (SSSR count). The standard InChI is InChI=1S/C14H15N3O/c1-10(15)14(13-7-4-8-18-13)17-9-16-11-5-2-3-6-12(11)17/h2-10,14H,15H2,1H3. The van der Waals surface area contributed by atoms with E-state index in [1.54, 1.807) is 6.26 Å². The molecule has 2 aromatic heterocycles. The lowest BCUT2D eigenvalue weighted by atomic mass is 10.1. The van der Waals surface area contributed by atoms with Crippen LogP contribution in [0.3, 0.4) is 0 Å². The predicted molar refractivity (Wildman–Crippen MR) is 70.2 cm³/mol. The highest BCUT2D eigenvalue weighted by atomic mass is 16.3. The van der Waals surface area contributed by atoms with Crippen LogP contribution in [0, 0.1) is 0 Å². The van der Waals surface area contributed by atoms with Gasteiger partial charge in [0.1, 0.15) is 11.8 Å². The van der Waals surface area contributed by atoms with Gasteiger partial charge in [-0.1, -0.05) is 12.1 Å². The Kier molecular flexibility index (Phi) is 2.64. The second-order valence-electron chi connectivity index (χ2n) is 4.46. The van der Waals surface area contributed by atoms with Crippen LogP contribution in [0.5, 0.6) is 0 Å². The largest absolute Gasteiger partial charge is 0.467 e. The minimum atomic E-state index is -0.0613. The Morgan fingerprint density at radius 1 is 1.22 bits per heavy atom. The van der Waals surface area contributed by atoms with E-state index in [9.17, 15) is 0 Å². The maximum atomic E-state index is 6.10. The Morgan fingerprint density at radius 3 is 2.78 bits per heavy atom. The summed E-state index contributed by atoms with van der Waals surface area (Å²) in [4.78, 5) is 4.40. The summed E-state index contributed by atoms with van der Waals surface area (Å²) >= 11 is 0. The SMILES string of the molecule is CC(N)C(c1ccco1)n1cnc2ccccc21. The first-order valence-corrected chi connectivity index (χ1v) is 5.98. The van der Waals surface area contributed by atoms with Crippen molar-refractivity contribution in [1.29, 1.82) is 0 Å². The Labute approximate surface area is 105 Å².